The van der Waals surface area contributed by atoms with Crippen LogP contribution in [0.1, 0.15) is 303 Å². The number of aliphatic hydroxyl groups excluding tert-OH is 2. The van der Waals surface area contributed by atoms with Gasteiger partial charge in [-0.25, -0.2) is 0 Å². The van der Waals surface area contributed by atoms with Crippen molar-refractivity contribution in [1.29, 1.82) is 0 Å². The van der Waals surface area contributed by atoms with Crippen LogP contribution in [0.15, 0.2) is 36.5 Å². The molecule has 0 aromatic carbocycles. The van der Waals surface area contributed by atoms with Crippen LogP contribution in [-0.2, 0) is 14.3 Å². The lowest BCUT2D eigenvalue weighted by atomic mass is 10.0. The second-order valence-electron chi connectivity index (χ2n) is 19.6. The minimum atomic E-state index is -0.668. The van der Waals surface area contributed by atoms with E-state index < -0.39 is 12.1 Å². The highest BCUT2D eigenvalue weighted by Crippen LogP contribution is 2.17. The molecular formula is C59H111NO5. The summed E-state index contributed by atoms with van der Waals surface area (Å²) in [5.41, 5.74) is 0. The van der Waals surface area contributed by atoms with Gasteiger partial charge < -0.3 is 20.3 Å². The first kappa shape index (κ1) is 63.1. The van der Waals surface area contributed by atoms with Gasteiger partial charge in [0.05, 0.1) is 25.4 Å². The van der Waals surface area contributed by atoms with E-state index in [0.29, 0.717) is 25.9 Å². The van der Waals surface area contributed by atoms with Gasteiger partial charge in [0.15, 0.2) is 0 Å². The Morgan fingerprint density at radius 2 is 0.800 bits per heavy atom. The molecule has 382 valence electrons. The lowest BCUT2D eigenvalue weighted by molar-refractivity contribution is -0.143. The minimum Gasteiger partial charge on any atom is -0.466 e. The van der Waals surface area contributed by atoms with Crippen molar-refractivity contribution >= 4 is 11.9 Å². The molecule has 0 spiro atoms. The molecule has 0 bridgehead atoms. The highest BCUT2D eigenvalue weighted by molar-refractivity contribution is 5.76. The molecular weight excluding hydrogens is 803 g/mol. The van der Waals surface area contributed by atoms with E-state index in [4.69, 9.17) is 4.74 Å². The summed E-state index contributed by atoms with van der Waals surface area (Å²) in [6.45, 7) is 4.88. The van der Waals surface area contributed by atoms with Gasteiger partial charge in [0, 0.05) is 12.8 Å². The van der Waals surface area contributed by atoms with Crippen molar-refractivity contribution in [2.75, 3.05) is 13.2 Å². The maximum atomic E-state index is 12.5. The summed E-state index contributed by atoms with van der Waals surface area (Å²) in [6, 6.07) is -0.546. The van der Waals surface area contributed by atoms with Crippen molar-refractivity contribution in [3.63, 3.8) is 0 Å². The van der Waals surface area contributed by atoms with Gasteiger partial charge in [-0.15, -0.1) is 0 Å². The summed E-state index contributed by atoms with van der Waals surface area (Å²) in [4.78, 5) is 24.5. The Hall–Kier alpha value is -1.92. The predicted octanol–water partition coefficient (Wildman–Crippen LogP) is 17.6. The fraction of sp³-hybridized carbons (Fsp3) is 0.864. The van der Waals surface area contributed by atoms with Crippen LogP contribution in [0.2, 0.25) is 0 Å². The third-order valence-corrected chi connectivity index (χ3v) is 13.1. The number of amides is 1. The van der Waals surface area contributed by atoms with Crippen LogP contribution in [-0.4, -0.2) is 47.4 Å². The van der Waals surface area contributed by atoms with E-state index in [-0.39, 0.29) is 18.5 Å². The van der Waals surface area contributed by atoms with Crippen molar-refractivity contribution in [3.05, 3.63) is 36.5 Å². The molecule has 65 heavy (non-hydrogen) atoms. The molecule has 3 N–H and O–H groups in total. The molecule has 0 radical (unpaired) electrons. The average molecular weight is 915 g/mol. The Morgan fingerprint density at radius 1 is 0.431 bits per heavy atom. The number of rotatable bonds is 53. The number of aliphatic hydroxyl groups is 2. The molecule has 0 aliphatic carbocycles. The first-order valence-corrected chi connectivity index (χ1v) is 28.7. The highest BCUT2D eigenvalue weighted by atomic mass is 16.5. The van der Waals surface area contributed by atoms with E-state index in [2.05, 4.69) is 55.6 Å². The number of carbonyl (C=O) groups excluding carboxylic acids is 2. The Labute approximate surface area is 404 Å². The quantitative estimate of drug-likeness (QED) is 0.0321. The Morgan fingerprint density at radius 3 is 1.25 bits per heavy atom. The summed E-state index contributed by atoms with van der Waals surface area (Å²) in [5.74, 6) is -0.0479. The number of hydrogen-bond donors (Lipinski definition) is 3. The second-order valence-corrected chi connectivity index (χ2v) is 19.6. The van der Waals surface area contributed by atoms with E-state index in [1.165, 1.54) is 218 Å². The molecule has 2 atom stereocenters. The molecule has 0 rings (SSSR count). The molecule has 0 heterocycles. The van der Waals surface area contributed by atoms with Gasteiger partial charge in [0.1, 0.15) is 0 Å². The Balaban J connectivity index is 3.42. The maximum Gasteiger partial charge on any atom is 0.305 e. The zero-order chi connectivity index (χ0) is 47.2. The molecule has 0 saturated heterocycles. The van der Waals surface area contributed by atoms with Gasteiger partial charge in [-0.3, -0.25) is 9.59 Å². The molecule has 6 nitrogen and oxygen atoms in total. The summed E-state index contributed by atoms with van der Waals surface area (Å²) in [6.07, 6.45) is 67.1. The smallest absolute Gasteiger partial charge is 0.305 e. The second kappa shape index (κ2) is 54.7. The zero-order valence-electron chi connectivity index (χ0n) is 43.5. The number of unbranched alkanes of at least 4 members (excludes halogenated alkanes) is 36. The normalized spacial score (nSPS) is 12.9. The number of carbonyl (C=O) groups is 2. The summed E-state index contributed by atoms with van der Waals surface area (Å²) in [7, 11) is 0. The SMILES string of the molecule is CCC/C=C\C/C=C\CCCCCCCC(=O)OCCCCCCCCCCCCC/C=C\CCCCCCCCCC(=O)NC(CO)C(O)CCCCCCCCCCCCCCC. The van der Waals surface area contributed by atoms with Gasteiger partial charge >= 0.3 is 5.97 Å². The zero-order valence-corrected chi connectivity index (χ0v) is 43.5. The molecule has 0 fully saturated rings. The number of nitrogens with one attached hydrogen (secondary N) is 1. The summed E-state index contributed by atoms with van der Waals surface area (Å²) in [5, 5.41) is 23.2. The van der Waals surface area contributed by atoms with Crippen molar-refractivity contribution in [2.45, 2.75) is 315 Å². The number of ether oxygens (including phenoxy) is 1. The highest BCUT2D eigenvalue weighted by Gasteiger charge is 2.20. The van der Waals surface area contributed by atoms with Crippen LogP contribution < -0.4 is 5.32 Å². The minimum absolute atomic E-state index is 0.00569. The van der Waals surface area contributed by atoms with Crippen LogP contribution >= 0.6 is 0 Å². The average Bonchev–Trinajstić information content (AvgIpc) is 3.31. The molecule has 0 aromatic heterocycles. The first-order chi connectivity index (χ1) is 32.0. The number of esters is 1. The van der Waals surface area contributed by atoms with Gasteiger partial charge in [-0.1, -0.05) is 249 Å². The lowest BCUT2D eigenvalue weighted by Crippen LogP contribution is -2.45. The van der Waals surface area contributed by atoms with E-state index in [9.17, 15) is 19.8 Å². The Bertz CT molecular complexity index is 1060. The van der Waals surface area contributed by atoms with E-state index in [0.717, 1.165) is 51.4 Å². The van der Waals surface area contributed by atoms with E-state index in [1.54, 1.807) is 0 Å². The summed E-state index contributed by atoms with van der Waals surface area (Å²) >= 11 is 0. The van der Waals surface area contributed by atoms with Crippen LogP contribution in [0.5, 0.6) is 0 Å². The Kier molecular flexibility index (Phi) is 53.1. The standard InChI is InChI=1S/C59H111NO5/c1-3-5-7-9-11-13-15-27-31-35-39-43-47-51-57(62)56(55-61)60-58(63)52-48-44-40-36-32-29-25-23-21-19-17-18-20-22-24-26-30-34-38-42-46-50-54-65-59(64)53-49-45-41-37-33-28-16-14-12-10-8-6-4-2/h8,10,14,16,19,21,56-57,61-62H,3-7,9,11-13,15,17-18,20,22-55H2,1-2H3,(H,60,63)/b10-8-,16-14-,21-19-. The molecule has 0 aliphatic rings. The topological polar surface area (TPSA) is 95.9 Å². The molecule has 6 heteroatoms. The van der Waals surface area contributed by atoms with Crippen molar-refractivity contribution < 1.29 is 24.5 Å². The predicted molar refractivity (Wildman–Crippen MR) is 283 cm³/mol. The van der Waals surface area contributed by atoms with E-state index in [1.807, 2.05) is 0 Å². The first-order valence-electron chi connectivity index (χ1n) is 28.7. The fourth-order valence-electron chi connectivity index (χ4n) is 8.73. The molecule has 2 unspecified atom stereocenters. The van der Waals surface area contributed by atoms with E-state index >= 15 is 0 Å². The molecule has 0 aromatic rings. The fourth-order valence-corrected chi connectivity index (χ4v) is 8.73. The van der Waals surface area contributed by atoms with Crippen molar-refractivity contribution in [2.24, 2.45) is 0 Å². The largest absolute Gasteiger partial charge is 0.466 e. The number of allylic oxidation sites excluding steroid dienone is 6. The van der Waals surface area contributed by atoms with Crippen molar-refractivity contribution in [3.8, 4) is 0 Å². The molecule has 1 amide bonds. The maximum absolute atomic E-state index is 12.5. The van der Waals surface area contributed by atoms with Crippen LogP contribution in [0, 0.1) is 0 Å². The molecule has 0 saturated carbocycles. The lowest BCUT2D eigenvalue weighted by Gasteiger charge is -2.22. The van der Waals surface area contributed by atoms with Gasteiger partial charge in [0.2, 0.25) is 5.91 Å². The van der Waals surface area contributed by atoms with Crippen LogP contribution in [0.4, 0.5) is 0 Å². The van der Waals surface area contributed by atoms with Crippen LogP contribution in [0.3, 0.4) is 0 Å². The monoisotopic (exact) mass is 914 g/mol. The van der Waals surface area contributed by atoms with Gasteiger partial charge in [0.25, 0.3) is 0 Å². The van der Waals surface area contributed by atoms with Crippen LogP contribution in [0.25, 0.3) is 0 Å². The summed E-state index contributed by atoms with van der Waals surface area (Å²) < 4.78 is 5.46. The van der Waals surface area contributed by atoms with Gasteiger partial charge in [-0.2, -0.15) is 0 Å². The van der Waals surface area contributed by atoms with Gasteiger partial charge in [-0.05, 0) is 77.0 Å². The third-order valence-electron chi connectivity index (χ3n) is 13.1. The van der Waals surface area contributed by atoms with Crippen molar-refractivity contribution in [1.82, 2.24) is 5.32 Å². The third kappa shape index (κ3) is 51.3. The molecule has 0 aliphatic heterocycles. The number of hydrogen-bond acceptors (Lipinski definition) is 5.